The summed E-state index contributed by atoms with van der Waals surface area (Å²) < 4.78 is 96.1. The Hall–Kier alpha value is -4.72. The number of Topliss-reactive ketones (excluding diaryl/α,β-unsaturated/α-hetero) is 3. The van der Waals surface area contributed by atoms with Crippen molar-refractivity contribution in [1.29, 1.82) is 0 Å². The molecule has 0 bridgehead atoms. The molecular weight excluding hydrogens is 744 g/mol. The van der Waals surface area contributed by atoms with Crippen molar-refractivity contribution in [2.45, 2.75) is 77.6 Å². The van der Waals surface area contributed by atoms with Gasteiger partial charge in [-0.05, 0) is 80.6 Å². The first-order valence-electron chi connectivity index (χ1n) is 16.8. The van der Waals surface area contributed by atoms with Gasteiger partial charge >= 0.3 is 18.1 Å². The second kappa shape index (κ2) is 18.1. The number of hydrogen-bond acceptors (Lipinski definition) is 7. The number of carbonyl (C=O) groups is 5. The van der Waals surface area contributed by atoms with Gasteiger partial charge in [-0.2, -0.15) is 22.0 Å². The fourth-order valence-electron chi connectivity index (χ4n) is 5.46. The lowest BCUT2D eigenvalue weighted by atomic mass is 9.83. The molecule has 3 aromatic rings. The molecule has 0 unspecified atom stereocenters. The number of carbonyl (C=O) groups excluding carboxylic acids is 5. The number of esters is 1. The first kappa shape index (κ1) is 43.7. The van der Waals surface area contributed by atoms with Crippen LogP contribution in [0.5, 0.6) is 5.75 Å². The molecule has 292 valence electrons. The van der Waals surface area contributed by atoms with E-state index in [0.29, 0.717) is 0 Å². The third-order valence-corrected chi connectivity index (χ3v) is 8.39. The highest BCUT2D eigenvalue weighted by atomic mass is 35.5. The lowest BCUT2D eigenvalue weighted by molar-refractivity contribution is -0.177. The van der Waals surface area contributed by atoms with Crippen molar-refractivity contribution in [3.63, 3.8) is 0 Å². The molecule has 0 heterocycles. The standard InChI is InChI=1S/C39H40ClF6NO7/c1-22(2)30(35(51)39(44,45)46)20-31(48)34(24-12-14-29(15-13-24)53-21-33(50)54-37(3,4)5)47-36(52)25(16-23-8-6-11-28(41)17-23)18-32(49)38(42,43)26-9-7-10-27(40)19-26/h6-15,17,19,22,25,30,34H,16,18,20-21H2,1-5H3,(H,47,52)/t25-,30+,34+/m1/s1. The number of alkyl halides is 5. The highest BCUT2D eigenvalue weighted by Crippen LogP contribution is 2.34. The SMILES string of the molecule is CC(C)[C@H](CC(=O)[C@@H](NC(=O)[C@@H](CC(=O)C(F)(F)c1cccc(Cl)c1)Cc1cccc(F)c1)c1ccc(OCC(=O)OC(C)(C)C)cc1)C(=O)C(F)(F)F. The van der Waals surface area contributed by atoms with E-state index in [2.05, 4.69) is 5.32 Å². The van der Waals surface area contributed by atoms with E-state index in [4.69, 9.17) is 21.1 Å². The minimum Gasteiger partial charge on any atom is -0.482 e. The summed E-state index contributed by atoms with van der Waals surface area (Å²) in [6.45, 7) is 7.09. The van der Waals surface area contributed by atoms with E-state index in [0.717, 1.165) is 24.3 Å². The van der Waals surface area contributed by atoms with Crippen LogP contribution in [0.15, 0.2) is 72.8 Å². The summed E-state index contributed by atoms with van der Waals surface area (Å²) in [6, 6.07) is 12.5. The van der Waals surface area contributed by atoms with E-state index in [1.54, 1.807) is 20.8 Å². The van der Waals surface area contributed by atoms with Crippen molar-refractivity contribution < 1.29 is 59.8 Å². The number of halogens is 7. The maximum Gasteiger partial charge on any atom is 0.450 e. The van der Waals surface area contributed by atoms with Gasteiger partial charge in [0.25, 0.3) is 0 Å². The number of rotatable bonds is 17. The van der Waals surface area contributed by atoms with E-state index in [-0.39, 0.29) is 21.9 Å². The van der Waals surface area contributed by atoms with Crippen LogP contribution in [0.1, 0.15) is 70.2 Å². The Morgan fingerprint density at radius 1 is 0.833 bits per heavy atom. The Morgan fingerprint density at radius 2 is 1.46 bits per heavy atom. The third-order valence-electron chi connectivity index (χ3n) is 8.15. The third kappa shape index (κ3) is 12.7. The maximum absolute atomic E-state index is 15.4. The van der Waals surface area contributed by atoms with E-state index in [1.165, 1.54) is 62.4 Å². The Balaban J connectivity index is 2.00. The zero-order valence-electron chi connectivity index (χ0n) is 30.1. The molecule has 0 spiro atoms. The van der Waals surface area contributed by atoms with Crippen LogP contribution in [0.4, 0.5) is 26.3 Å². The fourth-order valence-corrected chi connectivity index (χ4v) is 5.65. The lowest BCUT2D eigenvalue weighted by Gasteiger charge is -2.26. The molecule has 8 nitrogen and oxygen atoms in total. The van der Waals surface area contributed by atoms with Crippen molar-refractivity contribution in [3.8, 4) is 5.75 Å². The summed E-state index contributed by atoms with van der Waals surface area (Å²) in [5, 5.41) is 2.30. The number of amides is 1. The Labute approximate surface area is 313 Å². The molecule has 0 aromatic heterocycles. The average Bonchev–Trinajstić information content (AvgIpc) is 3.06. The van der Waals surface area contributed by atoms with Gasteiger partial charge in [0, 0.05) is 35.3 Å². The summed E-state index contributed by atoms with van der Waals surface area (Å²) in [6.07, 6.45) is -7.81. The molecule has 0 radical (unpaired) electrons. The van der Waals surface area contributed by atoms with Crippen LogP contribution in [-0.2, 0) is 41.1 Å². The summed E-state index contributed by atoms with van der Waals surface area (Å²) >= 11 is 5.85. The molecule has 3 rings (SSSR count). The monoisotopic (exact) mass is 783 g/mol. The van der Waals surface area contributed by atoms with E-state index in [9.17, 15) is 41.5 Å². The summed E-state index contributed by atoms with van der Waals surface area (Å²) in [5.74, 6) is -15.9. The van der Waals surface area contributed by atoms with Gasteiger partial charge in [0.1, 0.15) is 23.2 Å². The van der Waals surface area contributed by atoms with Crippen LogP contribution in [0.3, 0.4) is 0 Å². The van der Waals surface area contributed by atoms with Crippen molar-refractivity contribution in [3.05, 3.63) is 100 Å². The molecule has 54 heavy (non-hydrogen) atoms. The summed E-state index contributed by atoms with van der Waals surface area (Å²) in [5.41, 5.74) is -1.42. The Bertz CT molecular complexity index is 1820. The second-order valence-corrected chi connectivity index (χ2v) is 14.4. The van der Waals surface area contributed by atoms with Crippen molar-refractivity contribution >= 4 is 40.8 Å². The minimum atomic E-state index is -5.27. The van der Waals surface area contributed by atoms with E-state index < -0.39 is 108 Å². The quantitative estimate of drug-likeness (QED) is 0.108. The van der Waals surface area contributed by atoms with Crippen LogP contribution in [0.25, 0.3) is 0 Å². The number of benzene rings is 3. The van der Waals surface area contributed by atoms with Gasteiger partial charge in [-0.15, -0.1) is 0 Å². The highest BCUT2D eigenvalue weighted by Gasteiger charge is 2.46. The molecule has 0 saturated carbocycles. The number of hydrogen-bond donors (Lipinski definition) is 1. The molecule has 3 aromatic carbocycles. The zero-order chi connectivity index (χ0) is 40.6. The molecule has 0 saturated heterocycles. The number of ketones is 3. The van der Waals surface area contributed by atoms with Crippen molar-refractivity contribution in [2.24, 2.45) is 17.8 Å². The Kier molecular flexibility index (Phi) is 14.6. The minimum absolute atomic E-state index is 0.0139. The van der Waals surface area contributed by atoms with Gasteiger partial charge in [0.2, 0.25) is 17.5 Å². The first-order chi connectivity index (χ1) is 25.0. The molecular formula is C39H40ClF6NO7. The second-order valence-electron chi connectivity index (χ2n) is 14.0. The topological polar surface area (TPSA) is 116 Å². The van der Waals surface area contributed by atoms with Gasteiger partial charge in [0.05, 0.1) is 0 Å². The van der Waals surface area contributed by atoms with Crippen LogP contribution >= 0.6 is 11.6 Å². The molecule has 1 N–H and O–H groups in total. The number of nitrogens with one attached hydrogen (secondary N) is 1. The number of ether oxygens (including phenoxy) is 2. The van der Waals surface area contributed by atoms with Gasteiger partial charge in [-0.1, -0.05) is 61.8 Å². The van der Waals surface area contributed by atoms with Gasteiger partial charge in [-0.3, -0.25) is 19.2 Å². The average molecular weight is 784 g/mol. The van der Waals surface area contributed by atoms with Gasteiger partial charge in [-0.25, -0.2) is 9.18 Å². The molecule has 0 fully saturated rings. The normalized spacial score (nSPS) is 13.8. The smallest absolute Gasteiger partial charge is 0.450 e. The summed E-state index contributed by atoms with van der Waals surface area (Å²) in [7, 11) is 0. The highest BCUT2D eigenvalue weighted by molar-refractivity contribution is 6.30. The molecule has 0 aliphatic rings. The first-order valence-corrected chi connectivity index (χ1v) is 17.2. The molecule has 3 atom stereocenters. The molecule has 15 heteroatoms. The Morgan fingerprint density at radius 3 is 2.02 bits per heavy atom. The fraction of sp³-hybridized carbons (Fsp3) is 0.410. The maximum atomic E-state index is 15.4. The van der Waals surface area contributed by atoms with E-state index in [1.807, 2.05) is 0 Å². The molecule has 1 amide bonds. The van der Waals surface area contributed by atoms with Crippen LogP contribution in [0, 0.1) is 23.6 Å². The van der Waals surface area contributed by atoms with Crippen LogP contribution in [0.2, 0.25) is 5.02 Å². The predicted molar refractivity (Wildman–Crippen MR) is 186 cm³/mol. The molecule has 0 aliphatic carbocycles. The van der Waals surface area contributed by atoms with Crippen LogP contribution in [-0.4, -0.2) is 47.6 Å². The van der Waals surface area contributed by atoms with Gasteiger partial charge in [0.15, 0.2) is 12.4 Å². The largest absolute Gasteiger partial charge is 0.482 e. The van der Waals surface area contributed by atoms with Crippen molar-refractivity contribution in [2.75, 3.05) is 6.61 Å². The summed E-state index contributed by atoms with van der Waals surface area (Å²) in [4.78, 5) is 65.3. The predicted octanol–water partition coefficient (Wildman–Crippen LogP) is 8.33. The van der Waals surface area contributed by atoms with E-state index >= 15 is 8.78 Å². The lowest BCUT2D eigenvalue weighted by Crippen LogP contribution is -2.42. The van der Waals surface area contributed by atoms with Gasteiger partial charge < -0.3 is 14.8 Å². The molecule has 0 aliphatic heterocycles. The zero-order valence-corrected chi connectivity index (χ0v) is 30.8. The van der Waals surface area contributed by atoms with Crippen molar-refractivity contribution in [1.82, 2.24) is 5.32 Å². The van der Waals surface area contributed by atoms with Crippen LogP contribution < -0.4 is 10.1 Å².